The highest BCUT2D eigenvalue weighted by molar-refractivity contribution is 7.91. The van der Waals surface area contributed by atoms with Crippen LogP contribution in [-0.2, 0) is 10.0 Å². The van der Waals surface area contributed by atoms with Gasteiger partial charge in [-0.25, -0.2) is 8.42 Å². The Morgan fingerprint density at radius 2 is 2.18 bits per heavy atom. The van der Waals surface area contributed by atoms with Crippen molar-refractivity contribution in [2.75, 3.05) is 19.6 Å². The summed E-state index contributed by atoms with van der Waals surface area (Å²) in [5, 5.41) is 5.71. The molecule has 0 bridgehead atoms. The van der Waals surface area contributed by atoms with Crippen LogP contribution in [0.15, 0.2) is 39.9 Å². The van der Waals surface area contributed by atoms with Gasteiger partial charge in [0.1, 0.15) is 4.21 Å². The minimum atomic E-state index is -3.49. The Bertz CT molecular complexity index is 773. The molecule has 1 saturated heterocycles. The molecule has 0 amide bonds. The number of nitrogens with zero attached hydrogens (tertiary/aromatic N) is 1. The Kier molecular flexibility index (Phi) is 4.56. The minimum absolute atomic E-state index is 0.237. The van der Waals surface area contributed by atoms with E-state index >= 15 is 0 Å². The van der Waals surface area contributed by atoms with E-state index in [0.717, 1.165) is 11.1 Å². The number of rotatable bonds is 3. The maximum Gasteiger partial charge on any atom is 0.253 e. The number of hydrogen-bond donors (Lipinski definition) is 1. The lowest BCUT2D eigenvalue weighted by molar-refractivity contribution is 0.272. The van der Waals surface area contributed by atoms with Crippen LogP contribution in [0.3, 0.4) is 0 Å². The molecule has 22 heavy (non-hydrogen) atoms. The Hall–Kier alpha value is -0.920. The Labute approximate surface area is 139 Å². The van der Waals surface area contributed by atoms with Crippen molar-refractivity contribution in [2.45, 2.75) is 17.2 Å². The molecule has 2 heterocycles. The van der Waals surface area contributed by atoms with Crippen LogP contribution in [0.2, 0.25) is 5.02 Å². The van der Waals surface area contributed by atoms with Gasteiger partial charge in [-0.15, -0.1) is 11.3 Å². The van der Waals surface area contributed by atoms with Crippen molar-refractivity contribution in [3.05, 3.63) is 51.9 Å². The predicted octanol–water partition coefficient (Wildman–Crippen LogP) is 3.05. The minimum Gasteiger partial charge on any atom is -0.313 e. The van der Waals surface area contributed by atoms with Gasteiger partial charge in [0.15, 0.2) is 0 Å². The summed E-state index contributed by atoms with van der Waals surface area (Å²) in [4.78, 5) is 0. The van der Waals surface area contributed by atoms with E-state index in [4.69, 9.17) is 11.6 Å². The van der Waals surface area contributed by atoms with E-state index in [-0.39, 0.29) is 6.04 Å². The fraction of sp³-hybridized carbons (Fsp3) is 0.333. The fourth-order valence-corrected chi connectivity index (χ4v) is 6.04. The average Bonchev–Trinajstić information content (AvgIpc) is 2.94. The predicted molar refractivity (Wildman–Crippen MR) is 90.0 cm³/mol. The summed E-state index contributed by atoms with van der Waals surface area (Å²) in [7, 11) is -3.49. The van der Waals surface area contributed by atoms with Gasteiger partial charge >= 0.3 is 0 Å². The molecule has 0 aliphatic carbocycles. The lowest BCUT2D eigenvalue weighted by atomic mass is 10.1. The molecular weight excluding hydrogens is 340 g/mol. The maximum absolute atomic E-state index is 13.0. The van der Waals surface area contributed by atoms with E-state index < -0.39 is 10.0 Å². The average molecular weight is 357 g/mol. The van der Waals surface area contributed by atoms with Gasteiger partial charge in [-0.05, 0) is 41.6 Å². The first-order valence-electron chi connectivity index (χ1n) is 7.02. The second-order valence-corrected chi connectivity index (χ2v) is 8.72. The highest BCUT2D eigenvalue weighted by atomic mass is 35.5. The van der Waals surface area contributed by atoms with Crippen LogP contribution >= 0.6 is 22.9 Å². The van der Waals surface area contributed by atoms with Crippen molar-refractivity contribution in [1.82, 2.24) is 9.62 Å². The number of nitrogens with one attached hydrogen (secondary N) is 1. The lowest BCUT2D eigenvalue weighted by Gasteiger charge is -2.35. The Morgan fingerprint density at radius 3 is 2.86 bits per heavy atom. The highest BCUT2D eigenvalue weighted by Gasteiger charge is 2.35. The van der Waals surface area contributed by atoms with Crippen molar-refractivity contribution >= 4 is 33.0 Å². The Balaban J connectivity index is 2.02. The van der Waals surface area contributed by atoms with Crippen LogP contribution in [0, 0.1) is 6.92 Å². The second-order valence-electron chi connectivity index (χ2n) is 5.28. The second kappa shape index (κ2) is 6.29. The van der Waals surface area contributed by atoms with Gasteiger partial charge in [-0.3, -0.25) is 0 Å². The molecule has 0 radical (unpaired) electrons. The number of thiophene rings is 1. The van der Waals surface area contributed by atoms with Crippen LogP contribution in [0.1, 0.15) is 17.2 Å². The number of halogens is 1. The van der Waals surface area contributed by atoms with E-state index in [2.05, 4.69) is 5.32 Å². The van der Waals surface area contributed by atoms with E-state index in [1.807, 2.05) is 36.6 Å². The van der Waals surface area contributed by atoms with E-state index in [9.17, 15) is 8.42 Å². The molecule has 118 valence electrons. The topological polar surface area (TPSA) is 49.4 Å². The molecule has 1 aliphatic heterocycles. The first kappa shape index (κ1) is 16.0. The maximum atomic E-state index is 13.0. The van der Waals surface area contributed by atoms with Gasteiger partial charge in [-0.2, -0.15) is 4.31 Å². The van der Waals surface area contributed by atoms with Gasteiger partial charge < -0.3 is 5.32 Å². The first-order valence-corrected chi connectivity index (χ1v) is 9.72. The smallest absolute Gasteiger partial charge is 0.253 e. The Morgan fingerprint density at radius 1 is 1.36 bits per heavy atom. The lowest BCUT2D eigenvalue weighted by Crippen LogP contribution is -2.48. The monoisotopic (exact) mass is 356 g/mol. The summed E-state index contributed by atoms with van der Waals surface area (Å²) in [6, 6.07) is 9.01. The zero-order chi connectivity index (χ0) is 15.7. The zero-order valence-corrected chi connectivity index (χ0v) is 14.5. The summed E-state index contributed by atoms with van der Waals surface area (Å²) in [5.74, 6) is 0. The van der Waals surface area contributed by atoms with Gasteiger partial charge in [0.25, 0.3) is 10.0 Å². The molecular formula is C15H17ClN2O2S2. The van der Waals surface area contributed by atoms with Crippen LogP contribution < -0.4 is 5.32 Å². The molecule has 1 fully saturated rings. The standard InChI is InChI=1S/C15H17ClN2O2S2/c1-11-5-8-21-15(11)22(19,20)18-7-6-17-10-14(18)12-3-2-4-13(16)9-12/h2-5,8-9,14,17H,6-7,10H2,1H3. The first-order chi connectivity index (χ1) is 10.5. The number of piperazine rings is 1. The molecule has 2 aromatic rings. The third-order valence-corrected chi connectivity index (χ3v) is 7.59. The molecule has 0 saturated carbocycles. The molecule has 1 atom stereocenters. The van der Waals surface area contributed by atoms with Crippen molar-refractivity contribution in [1.29, 1.82) is 0 Å². The normalized spacial score (nSPS) is 20.2. The number of benzene rings is 1. The van der Waals surface area contributed by atoms with Gasteiger partial charge in [0.05, 0.1) is 6.04 Å². The van der Waals surface area contributed by atoms with E-state index in [1.165, 1.54) is 11.3 Å². The molecule has 0 spiro atoms. The van der Waals surface area contributed by atoms with Crippen LogP contribution in [0.5, 0.6) is 0 Å². The SMILES string of the molecule is Cc1ccsc1S(=O)(=O)N1CCNCC1c1cccc(Cl)c1. The van der Waals surface area contributed by atoms with Gasteiger partial charge in [-0.1, -0.05) is 23.7 Å². The molecule has 1 aromatic heterocycles. The largest absolute Gasteiger partial charge is 0.313 e. The third kappa shape index (κ3) is 2.94. The summed E-state index contributed by atoms with van der Waals surface area (Å²) >= 11 is 7.34. The highest BCUT2D eigenvalue weighted by Crippen LogP contribution is 2.33. The molecule has 4 nitrogen and oxygen atoms in total. The molecule has 1 aromatic carbocycles. The van der Waals surface area contributed by atoms with Crippen molar-refractivity contribution in [2.24, 2.45) is 0 Å². The third-order valence-electron chi connectivity index (χ3n) is 3.79. The van der Waals surface area contributed by atoms with Gasteiger partial charge in [0, 0.05) is 24.7 Å². The molecule has 1 N–H and O–H groups in total. The van der Waals surface area contributed by atoms with E-state index in [1.54, 1.807) is 10.4 Å². The number of aryl methyl sites for hydroxylation is 1. The number of sulfonamides is 1. The van der Waals surface area contributed by atoms with Crippen molar-refractivity contribution < 1.29 is 8.42 Å². The van der Waals surface area contributed by atoms with E-state index in [0.29, 0.717) is 28.9 Å². The fourth-order valence-electron chi connectivity index (χ4n) is 2.70. The summed E-state index contributed by atoms with van der Waals surface area (Å²) in [6.45, 7) is 3.53. The summed E-state index contributed by atoms with van der Waals surface area (Å²) in [5.41, 5.74) is 1.71. The molecule has 1 unspecified atom stereocenters. The zero-order valence-electron chi connectivity index (χ0n) is 12.1. The quantitative estimate of drug-likeness (QED) is 0.919. The van der Waals surface area contributed by atoms with Crippen LogP contribution in [-0.4, -0.2) is 32.4 Å². The van der Waals surface area contributed by atoms with Crippen LogP contribution in [0.25, 0.3) is 0 Å². The molecule has 1 aliphatic rings. The van der Waals surface area contributed by atoms with Gasteiger partial charge in [0.2, 0.25) is 0 Å². The number of hydrogen-bond acceptors (Lipinski definition) is 4. The molecule has 3 rings (SSSR count). The molecule has 7 heteroatoms. The van der Waals surface area contributed by atoms with Crippen molar-refractivity contribution in [3.8, 4) is 0 Å². The van der Waals surface area contributed by atoms with Crippen LogP contribution in [0.4, 0.5) is 0 Å². The van der Waals surface area contributed by atoms with Crippen molar-refractivity contribution in [3.63, 3.8) is 0 Å². The summed E-state index contributed by atoms with van der Waals surface area (Å²) < 4.78 is 28.0. The summed E-state index contributed by atoms with van der Waals surface area (Å²) in [6.07, 6.45) is 0.